The summed E-state index contributed by atoms with van der Waals surface area (Å²) in [6.07, 6.45) is 3.86. The van der Waals surface area contributed by atoms with Crippen molar-refractivity contribution in [1.29, 1.82) is 0 Å². The number of amides is 1. The molecule has 19 heavy (non-hydrogen) atoms. The molecular weight excluding hydrogens is 305 g/mol. The largest absolute Gasteiger partial charge is 0.333 e. The van der Waals surface area contributed by atoms with Crippen LogP contribution < -0.4 is 0 Å². The number of rotatable bonds is 1. The van der Waals surface area contributed by atoms with Crippen molar-refractivity contribution >= 4 is 40.7 Å². The fourth-order valence-electron chi connectivity index (χ4n) is 3.24. The molecule has 0 aliphatic carbocycles. The van der Waals surface area contributed by atoms with Crippen molar-refractivity contribution in [3.8, 4) is 0 Å². The van der Waals surface area contributed by atoms with E-state index in [2.05, 4.69) is 0 Å². The van der Waals surface area contributed by atoms with Crippen molar-refractivity contribution in [1.82, 2.24) is 4.90 Å². The first-order valence-corrected chi connectivity index (χ1v) is 7.67. The molecule has 1 aromatic carbocycles. The van der Waals surface area contributed by atoms with E-state index in [-0.39, 0.29) is 23.4 Å². The van der Waals surface area contributed by atoms with E-state index < -0.39 is 0 Å². The first-order chi connectivity index (χ1) is 9.06. The molecule has 2 heterocycles. The Kier molecular flexibility index (Phi) is 3.67. The predicted molar refractivity (Wildman–Crippen MR) is 78.3 cm³/mol. The highest BCUT2D eigenvalue weighted by atomic mass is 35.5. The highest BCUT2D eigenvalue weighted by Gasteiger charge is 2.43. The molecule has 3 rings (SSSR count). The molecule has 2 aliphatic rings. The number of halogens is 3. The molecular formula is C14H14Cl3NO. The molecule has 2 bridgehead atoms. The van der Waals surface area contributed by atoms with Crippen molar-refractivity contribution in [3.63, 3.8) is 0 Å². The Morgan fingerprint density at radius 2 is 1.79 bits per heavy atom. The third kappa shape index (κ3) is 2.46. The van der Waals surface area contributed by atoms with Gasteiger partial charge < -0.3 is 4.90 Å². The van der Waals surface area contributed by atoms with E-state index in [1.165, 1.54) is 0 Å². The summed E-state index contributed by atoms with van der Waals surface area (Å²) in [5, 5.41) is 1.16. The number of hydrogen-bond donors (Lipinski definition) is 0. The summed E-state index contributed by atoms with van der Waals surface area (Å²) in [5.74, 6) is 0.0118. The summed E-state index contributed by atoms with van der Waals surface area (Å²) >= 11 is 18.2. The second-order valence-corrected chi connectivity index (χ2v) is 6.75. The van der Waals surface area contributed by atoms with Crippen molar-refractivity contribution < 1.29 is 4.79 Å². The Balaban J connectivity index is 1.88. The third-order valence-electron chi connectivity index (χ3n) is 4.07. The van der Waals surface area contributed by atoms with Gasteiger partial charge in [0.25, 0.3) is 5.91 Å². The van der Waals surface area contributed by atoms with Crippen LogP contribution in [-0.2, 0) is 0 Å². The average Bonchev–Trinajstić information content (AvgIpc) is 2.61. The molecule has 2 saturated heterocycles. The zero-order valence-electron chi connectivity index (χ0n) is 10.3. The number of nitrogens with zero attached hydrogens (tertiary/aromatic N) is 1. The minimum Gasteiger partial charge on any atom is -0.333 e. The molecule has 2 nitrogen and oxygen atoms in total. The van der Waals surface area contributed by atoms with E-state index in [1.54, 1.807) is 18.2 Å². The average molecular weight is 319 g/mol. The minimum absolute atomic E-state index is 0.0118. The summed E-state index contributed by atoms with van der Waals surface area (Å²) in [5.41, 5.74) is 0.538. The number of fused-ring (bicyclic) bond motifs is 2. The number of piperidine rings is 1. The Hall–Kier alpha value is -0.440. The zero-order chi connectivity index (χ0) is 13.6. The van der Waals surface area contributed by atoms with Gasteiger partial charge in [-0.05, 0) is 43.9 Å². The molecule has 2 atom stereocenters. The number of hydrogen-bond acceptors (Lipinski definition) is 1. The van der Waals surface area contributed by atoms with Crippen LogP contribution in [0.15, 0.2) is 18.2 Å². The zero-order valence-corrected chi connectivity index (χ0v) is 12.5. The lowest BCUT2D eigenvalue weighted by Gasteiger charge is -2.37. The highest BCUT2D eigenvalue weighted by molar-refractivity contribution is 6.36. The number of benzene rings is 1. The van der Waals surface area contributed by atoms with Crippen LogP contribution in [-0.4, -0.2) is 28.3 Å². The summed E-state index contributed by atoms with van der Waals surface area (Å²) in [4.78, 5) is 14.6. The Bertz CT molecular complexity index is 505. The molecule has 2 fully saturated rings. The molecule has 102 valence electrons. The van der Waals surface area contributed by atoms with E-state index in [0.717, 1.165) is 25.7 Å². The van der Waals surface area contributed by atoms with E-state index in [9.17, 15) is 4.79 Å². The van der Waals surface area contributed by atoms with Gasteiger partial charge in [0.1, 0.15) is 0 Å². The van der Waals surface area contributed by atoms with Crippen molar-refractivity contribution in [2.24, 2.45) is 0 Å². The highest BCUT2D eigenvalue weighted by Crippen LogP contribution is 2.39. The van der Waals surface area contributed by atoms with Crippen molar-refractivity contribution in [3.05, 3.63) is 33.8 Å². The normalized spacial score (nSPS) is 29.6. The van der Waals surface area contributed by atoms with Crippen LogP contribution in [0, 0.1) is 0 Å². The number of alkyl halides is 1. The van der Waals surface area contributed by atoms with Crippen LogP contribution in [0.2, 0.25) is 10.0 Å². The van der Waals surface area contributed by atoms with Crippen LogP contribution in [0.5, 0.6) is 0 Å². The lowest BCUT2D eigenvalue weighted by atomic mass is 10.0. The van der Waals surface area contributed by atoms with Gasteiger partial charge in [-0.3, -0.25) is 4.79 Å². The van der Waals surface area contributed by atoms with Crippen LogP contribution >= 0.6 is 34.8 Å². The molecule has 1 aromatic rings. The Labute approximate surface area is 127 Å². The van der Waals surface area contributed by atoms with Gasteiger partial charge >= 0.3 is 0 Å². The SMILES string of the molecule is O=C(c1ccc(Cl)cc1Cl)N1C2CCC1CC(Cl)C2. The van der Waals surface area contributed by atoms with Gasteiger partial charge in [-0.25, -0.2) is 0 Å². The first-order valence-electron chi connectivity index (χ1n) is 6.48. The van der Waals surface area contributed by atoms with Gasteiger partial charge in [0.05, 0.1) is 10.6 Å². The summed E-state index contributed by atoms with van der Waals surface area (Å²) in [6, 6.07) is 5.56. The first kappa shape index (κ1) is 13.5. The van der Waals surface area contributed by atoms with E-state index in [4.69, 9.17) is 34.8 Å². The third-order valence-corrected chi connectivity index (χ3v) is 4.98. The summed E-state index contributed by atoms with van der Waals surface area (Å²) in [6.45, 7) is 0. The lowest BCUT2D eigenvalue weighted by molar-refractivity contribution is 0.0600. The fraction of sp³-hybridized carbons (Fsp3) is 0.500. The van der Waals surface area contributed by atoms with Gasteiger partial charge in [-0.15, -0.1) is 11.6 Å². The molecule has 0 radical (unpaired) electrons. The molecule has 0 N–H and O–H groups in total. The van der Waals surface area contributed by atoms with Crippen LogP contribution in [0.1, 0.15) is 36.0 Å². The standard InChI is InChI=1S/C14H14Cl3NO/c15-8-1-4-12(13(17)7-8)14(19)18-10-2-3-11(18)6-9(16)5-10/h1,4,7,9-11H,2-3,5-6H2. The van der Waals surface area contributed by atoms with Crippen molar-refractivity contribution in [2.45, 2.75) is 43.1 Å². The van der Waals surface area contributed by atoms with Gasteiger partial charge in [0.15, 0.2) is 0 Å². The van der Waals surface area contributed by atoms with Gasteiger partial charge in [-0.2, -0.15) is 0 Å². The molecule has 0 saturated carbocycles. The van der Waals surface area contributed by atoms with Gasteiger partial charge in [0.2, 0.25) is 0 Å². The summed E-state index contributed by atoms with van der Waals surface area (Å²) in [7, 11) is 0. The van der Waals surface area contributed by atoms with E-state index in [0.29, 0.717) is 15.6 Å². The minimum atomic E-state index is 0.0118. The summed E-state index contributed by atoms with van der Waals surface area (Å²) < 4.78 is 0. The smallest absolute Gasteiger partial charge is 0.255 e. The molecule has 1 amide bonds. The quantitative estimate of drug-likeness (QED) is 0.704. The van der Waals surface area contributed by atoms with Crippen LogP contribution in [0.25, 0.3) is 0 Å². The van der Waals surface area contributed by atoms with Crippen molar-refractivity contribution in [2.75, 3.05) is 0 Å². The Morgan fingerprint density at radius 3 is 2.37 bits per heavy atom. The van der Waals surface area contributed by atoms with Gasteiger partial charge in [0, 0.05) is 22.5 Å². The second kappa shape index (κ2) is 5.16. The second-order valence-electron chi connectivity index (χ2n) is 5.29. The monoisotopic (exact) mass is 317 g/mol. The van der Waals surface area contributed by atoms with Crippen LogP contribution in [0.3, 0.4) is 0 Å². The molecule has 0 aromatic heterocycles. The topological polar surface area (TPSA) is 20.3 Å². The Morgan fingerprint density at radius 1 is 1.16 bits per heavy atom. The molecule has 0 spiro atoms. The predicted octanol–water partition coefficient (Wildman–Crippen LogP) is 4.37. The molecule has 5 heteroatoms. The maximum absolute atomic E-state index is 12.7. The van der Waals surface area contributed by atoms with Crippen LogP contribution in [0.4, 0.5) is 0 Å². The molecule has 2 aliphatic heterocycles. The van der Waals surface area contributed by atoms with Gasteiger partial charge in [-0.1, -0.05) is 23.2 Å². The van der Waals surface area contributed by atoms with E-state index in [1.807, 2.05) is 4.90 Å². The number of carbonyl (C=O) groups excluding carboxylic acids is 1. The maximum Gasteiger partial charge on any atom is 0.255 e. The molecule has 2 unspecified atom stereocenters. The number of carbonyl (C=O) groups is 1. The maximum atomic E-state index is 12.7. The lowest BCUT2D eigenvalue weighted by Crippen LogP contribution is -2.47. The van der Waals surface area contributed by atoms with E-state index >= 15 is 0 Å². The fourth-order valence-corrected chi connectivity index (χ4v) is 4.14.